The van der Waals surface area contributed by atoms with Gasteiger partial charge in [0.05, 0.1) is 11.7 Å². The maximum Gasteiger partial charge on any atom is 0.354 e. The third-order valence-electron chi connectivity index (χ3n) is 3.85. The predicted molar refractivity (Wildman–Crippen MR) is 75.1 cm³/mol. The number of nitrogens with zero attached hydrogens (tertiary/aromatic N) is 2. The van der Waals surface area contributed by atoms with Crippen LogP contribution in [0, 0.1) is 0 Å². The van der Waals surface area contributed by atoms with Crippen LogP contribution in [0.1, 0.15) is 27.8 Å². The highest BCUT2D eigenvalue weighted by Crippen LogP contribution is 2.26. The minimum Gasteiger partial charge on any atom is -0.477 e. The fourth-order valence-corrected chi connectivity index (χ4v) is 3.85. The molecule has 0 radical (unpaired) electrons. The zero-order valence-corrected chi connectivity index (χ0v) is 11.9. The van der Waals surface area contributed by atoms with Crippen molar-refractivity contribution >= 4 is 16.8 Å². The summed E-state index contributed by atoms with van der Waals surface area (Å²) in [5.41, 5.74) is 2.01. The number of rotatable bonds is 2. The second kappa shape index (κ2) is 5.59. The molecule has 6 nitrogen and oxygen atoms in total. The molecule has 3 rings (SSSR count). The minimum absolute atomic E-state index is 0.0790. The number of nitrogens with one attached hydrogen (secondary N) is 1. The first-order valence-electron chi connectivity index (χ1n) is 6.68. The lowest BCUT2D eigenvalue weighted by atomic mass is 10.0. The van der Waals surface area contributed by atoms with E-state index in [0.29, 0.717) is 11.5 Å². The summed E-state index contributed by atoms with van der Waals surface area (Å²) >= 11 is 0. The van der Waals surface area contributed by atoms with Gasteiger partial charge in [0.1, 0.15) is 5.69 Å². The fraction of sp³-hybridized carbons (Fsp3) is 0.538. The highest BCUT2D eigenvalue weighted by Gasteiger charge is 2.30. The zero-order valence-electron chi connectivity index (χ0n) is 11.0. The number of pyridine rings is 1. The van der Waals surface area contributed by atoms with E-state index in [1.54, 1.807) is 6.07 Å². The molecule has 0 amide bonds. The molecule has 1 fully saturated rings. The van der Waals surface area contributed by atoms with Crippen molar-refractivity contribution in [1.29, 1.82) is 0 Å². The van der Waals surface area contributed by atoms with Gasteiger partial charge in [-0.05, 0) is 11.6 Å². The number of fused-ring (bicyclic) bond motifs is 1. The molecule has 1 saturated heterocycles. The van der Waals surface area contributed by atoms with Gasteiger partial charge in [0, 0.05) is 48.5 Å². The maximum atomic E-state index is 11.5. The van der Waals surface area contributed by atoms with Crippen molar-refractivity contribution in [3.63, 3.8) is 0 Å². The molecule has 1 aromatic heterocycles. The van der Waals surface area contributed by atoms with Crippen LogP contribution in [0.3, 0.4) is 0 Å². The molecule has 108 valence electrons. The maximum absolute atomic E-state index is 11.5. The molecule has 1 atom stereocenters. The van der Waals surface area contributed by atoms with Gasteiger partial charge in [-0.25, -0.2) is 9.78 Å². The Balaban J connectivity index is 1.90. The molecule has 2 N–H and O–H groups in total. The largest absolute Gasteiger partial charge is 0.477 e. The summed E-state index contributed by atoms with van der Waals surface area (Å²) in [4.78, 5) is 17.7. The molecule has 0 aromatic carbocycles. The van der Waals surface area contributed by atoms with E-state index < -0.39 is 16.8 Å². The second-order valence-corrected chi connectivity index (χ2v) is 6.77. The summed E-state index contributed by atoms with van der Waals surface area (Å²) in [5, 5.41) is 12.4. The van der Waals surface area contributed by atoms with Crippen LogP contribution < -0.4 is 5.32 Å². The molecular weight excluding hydrogens is 278 g/mol. The summed E-state index contributed by atoms with van der Waals surface area (Å²) in [6, 6.07) is 3.47. The van der Waals surface area contributed by atoms with Crippen LogP contribution in [-0.4, -0.2) is 56.3 Å². The normalized spacial score (nSPS) is 24.3. The van der Waals surface area contributed by atoms with Gasteiger partial charge in [0.25, 0.3) is 0 Å². The number of aromatic nitrogens is 1. The first-order chi connectivity index (χ1) is 9.65. The molecule has 1 aromatic rings. The molecule has 0 aliphatic carbocycles. The first-order valence-corrected chi connectivity index (χ1v) is 8.17. The second-order valence-electron chi connectivity index (χ2n) is 5.08. The summed E-state index contributed by atoms with van der Waals surface area (Å²) in [6.45, 7) is 3.03. The van der Waals surface area contributed by atoms with Gasteiger partial charge in [-0.1, -0.05) is 6.07 Å². The third kappa shape index (κ3) is 2.61. The molecule has 0 spiro atoms. The van der Waals surface area contributed by atoms with E-state index >= 15 is 0 Å². The van der Waals surface area contributed by atoms with E-state index in [2.05, 4.69) is 15.2 Å². The lowest BCUT2D eigenvalue weighted by molar-refractivity contribution is 0.0689. The smallest absolute Gasteiger partial charge is 0.354 e. The van der Waals surface area contributed by atoms with Gasteiger partial charge in [-0.15, -0.1) is 0 Å². The number of carboxylic acids is 1. The molecule has 7 heteroatoms. The number of hydrogen-bond acceptors (Lipinski definition) is 5. The molecule has 3 heterocycles. The van der Waals surface area contributed by atoms with Crippen LogP contribution in [0.4, 0.5) is 0 Å². The zero-order chi connectivity index (χ0) is 14.1. The monoisotopic (exact) mass is 295 g/mol. The average Bonchev–Trinajstić information content (AvgIpc) is 2.47. The summed E-state index contributed by atoms with van der Waals surface area (Å²) < 4.78 is 11.5. The Labute approximate surface area is 119 Å². The van der Waals surface area contributed by atoms with E-state index in [-0.39, 0.29) is 11.7 Å². The van der Waals surface area contributed by atoms with Crippen molar-refractivity contribution in [3.05, 3.63) is 29.1 Å². The Morgan fingerprint density at radius 1 is 1.40 bits per heavy atom. The van der Waals surface area contributed by atoms with Gasteiger partial charge in [0.15, 0.2) is 0 Å². The van der Waals surface area contributed by atoms with Gasteiger partial charge < -0.3 is 10.4 Å². The Bertz CT molecular complexity index is 554. The van der Waals surface area contributed by atoms with Crippen LogP contribution >= 0.6 is 0 Å². The number of carboxylic acid groups (broad SMARTS) is 1. The standard InChI is InChI=1S/C13H17N3O3S/c17-13(18)10-2-1-9-7-14-8-11(12(9)15-10)16-3-5-20(19)6-4-16/h1-2,11,14H,3-8H2,(H,17,18). The van der Waals surface area contributed by atoms with E-state index in [9.17, 15) is 9.00 Å². The van der Waals surface area contributed by atoms with Gasteiger partial charge in [-0.2, -0.15) is 0 Å². The number of carbonyl (C=O) groups is 1. The molecule has 20 heavy (non-hydrogen) atoms. The lowest BCUT2D eigenvalue weighted by Gasteiger charge is -2.37. The highest BCUT2D eigenvalue weighted by atomic mass is 32.2. The van der Waals surface area contributed by atoms with Crippen LogP contribution in [0.15, 0.2) is 12.1 Å². The summed E-state index contributed by atoms with van der Waals surface area (Å²) in [5.74, 6) is 0.374. The first kappa shape index (κ1) is 13.7. The number of hydrogen-bond donors (Lipinski definition) is 2. The van der Waals surface area contributed by atoms with Crippen LogP contribution in [0.5, 0.6) is 0 Å². The van der Waals surface area contributed by atoms with Crippen LogP contribution in [-0.2, 0) is 17.3 Å². The predicted octanol–water partition coefficient (Wildman–Crippen LogP) is -0.0116. The molecule has 1 unspecified atom stereocenters. The Hall–Kier alpha value is -1.31. The average molecular weight is 295 g/mol. The van der Waals surface area contributed by atoms with Gasteiger partial charge in [0.2, 0.25) is 0 Å². The Morgan fingerprint density at radius 2 is 2.15 bits per heavy atom. The van der Waals surface area contributed by atoms with Crippen molar-refractivity contribution in [2.45, 2.75) is 12.6 Å². The van der Waals surface area contributed by atoms with Crippen molar-refractivity contribution < 1.29 is 14.1 Å². The van der Waals surface area contributed by atoms with E-state index in [4.69, 9.17) is 5.11 Å². The van der Waals surface area contributed by atoms with Crippen molar-refractivity contribution in [2.24, 2.45) is 0 Å². The number of aromatic carboxylic acids is 1. The molecule has 0 saturated carbocycles. The quantitative estimate of drug-likeness (QED) is 0.798. The van der Waals surface area contributed by atoms with Gasteiger partial charge in [-0.3, -0.25) is 9.11 Å². The SMILES string of the molecule is O=C(O)c1ccc2c(n1)C(N1CCS(=O)CC1)CNC2. The Morgan fingerprint density at radius 3 is 2.85 bits per heavy atom. The summed E-state index contributed by atoms with van der Waals surface area (Å²) in [7, 11) is -0.711. The summed E-state index contributed by atoms with van der Waals surface area (Å²) in [6.07, 6.45) is 0. The van der Waals surface area contributed by atoms with Crippen molar-refractivity contribution in [1.82, 2.24) is 15.2 Å². The lowest BCUT2D eigenvalue weighted by Crippen LogP contribution is -2.46. The minimum atomic E-state index is -0.996. The Kier molecular flexibility index (Phi) is 3.82. The highest BCUT2D eigenvalue weighted by molar-refractivity contribution is 7.85. The van der Waals surface area contributed by atoms with E-state index in [0.717, 1.165) is 37.4 Å². The molecule has 0 bridgehead atoms. The van der Waals surface area contributed by atoms with Gasteiger partial charge >= 0.3 is 5.97 Å². The third-order valence-corrected chi connectivity index (χ3v) is 5.13. The topological polar surface area (TPSA) is 82.5 Å². The molecule has 2 aliphatic heterocycles. The molecule has 2 aliphatic rings. The van der Waals surface area contributed by atoms with Crippen molar-refractivity contribution in [3.8, 4) is 0 Å². The van der Waals surface area contributed by atoms with Crippen LogP contribution in [0.2, 0.25) is 0 Å². The fourth-order valence-electron chi connectivity index (χ4n) is 2.77. The van der Waals surface area contributed by atoms with E-state index in [1.807, 2.05) is 6.07 Å². The van der Waals surface area contributed by atoms with Crippen molar-refractivity contribution in [2.75, 3.05) is 31.1 Å². The van der Waals surface area contributed by atoms with Crippen LogP contribution in [0.25, 0.3) is 0 Å². The van der Waals surface area contributed by atoms with E-state index in [1.165, 1.54) is 0 Å². The molecular formula is C13H17N3O3S.